The molecule has 0 aliphatic carbocycles. The Morgan fingerprint density at radius 2 is 2.09 bits per heavy atom. The van der Waals surface area contributed by atoms with Crippen molar-refractivity contribution in [1.82, 2.24) is 8.87 Å². The molecule has 1 fully saturated rings. The van der Waals surface area contributed by atoms with E-state index < -0.39 is 27.9 Å². The first-order valence-electron chi connectivity index (χ1n) is 10.8. The van der Waals surface area contributed by atoms with Gasteiger partial charge < -0.3 is 9.30 Å². The molecule has 2 aromatic heterocycles. The van der Waals surface area contributed by atoms with Gasteiger partial charge in [-0.2, -0.15) is 9.30 Å². The van der Waals surface area contributed by atoms with Gasteiger partial charge in [0.2, 0.25) is 0 Å². The molecule has 182 valence electrons. The second-order valence-corrected chi connectivity index (χ2v) is 12.6. The van der Waals surface area contributed by atoms with E-state index in [4.69, 9.17) is 4.74 Å². The number of carbonyl (C=O) groups excluding carboxylic acids is 2. The lowest BCUT2D eigenvalue weighted by Gasteiger charge is -2.31. The highest BCUT2D eigenvalue weighted by atomic mass is 32.2. The highest BCUT2D eigenvalue weighted by Crippen LogP contribution is 2.29. The van der Waals surface area contributed by atoms with Crippen LogP contribution in [-0.2, 0) is 30.9 Å². The molecule has 0 N–H and O–H groups in total. The summed E-state index contributed by atoms with van der Waals surface area (Å²) in [5.41, 5.74) is 0.772. The lowest BCUT2D eigenvalue weighted by molar-refractivity contribution is -0.143. The van der Waals surface area contributed by atoms with Crippen molar-refractivity contribution in [3.05, 3.63) is 40.5 Å². The van der Waals surface area contributed by atoms with E-state index in [1.54, 1.807) is 40.8 Å². The number of amides is 1. The van der Waals surface area contributed by atoms with Gasteiger partial charge in [0.1, 0.15) is 16.8 Å². The minimum atomic E-state index is -3.78. The minimum absolute atomic E-state index is 0.0829. The van der Waals surface area contributed by atoms with Crippen LogP contribution in [0.15, 0.2) is 49.8 Å². The summed E-state index contributed by atoms with van der Waals surface area (Å²) in [6, 6.07) is 8.20. The summed E-state index contributed by atoms with van der Waals surface area (Å²) in [5.74, 6) is -0.946. The van der Waals surface area contributed by atoms with Crippen molar-refractivity contribution in [3.8, 4) is 0 Å². The molecule has 0 bridgehead atoms. The van der Waals surface area contributed by atoms with Crippen molar-refractivity contribution < 1.29 is 22.7 Å². The first-order valence-corrected chi connectivity index (χ1v) is 15.2. The maximum absolute atomic E-state index is 13.4. The second-order valence-electron chi connectivity index (χ2n) is 7.62. The first kappa shape index (κ1) is 25.1. The fraction of sp³-hybridized carbons (Fsp3) is 0.409. The van der Waals surface area contributed by atoms with Crippen molar-refractivity contribution in [1.29, 1.82) is 0 Å². The van der Waals surface area contributed by atoms with E-state index in [2.05, 4.69) is 4.99 Å². The Labute approximate surface area is 210 Å². The van der Waals surface area contributed by atoms with Gasteiger partial charge in [0, 0.05) is 11.4 Å². The number of ether oxygens (including phenoxy) is 1. The molecule has 8 nitrogen and oxygen atoms in total. The second kappa shape index (κ2) is 10.7. The van der Waals surface area contributed by atoms with E-state index in [1.807, 2.05) is 24.5 Å². The summed E-state index contributed by atoms with van der Waals surface area (Å²) in [5, 5.41) is 1.70. The molecule has 3 heterocycles. The monoisotopic (exact) mass is 539 g/mol. The SMILES string of the molecule is CCOC(=O)Cn1c(=NC(=O)C2CCCCN2S(=O)(=O)c2cccs2)sc2cc(SC)ccc21. The quantitative estimate of drug-likeness (QED) is 0.335. The van der Waals surface area contributed by atoms with Gasteiger partial charge in [-0.25, -0.2) is 8.42 Å². The van der Waals surface area contributed by atoms with Crippen LogP contribution in [0.3, 0.4) is 0 Å². The number of nitrogens with zero attached hydrogens (tertiary/aromatic N) is 3. The number of hydrogen-bond acceptors (Lipinski definition) is 8. The third kappa shape index (κ3) is 5.15. The van der Waals surface area contributed by atoms with Crippen LogP contribution < -0.4 is 4.80 Å². The van der Waals surface area contributed by atoms with Crippen molar-refractivity contribution >= 4 is 66.6 Å². The molecule has 1 unspecified atom stereocenters. The lowest BCUT2D eigenvalue weighted by Crippen LogP contribution is -2.47. The molecule has 1 aliphatic heterocycles. The van der Waals surface area contributed by atoms with Crippen molar-refractivity contribution in [2.45, 2.75) is 47.9 Å². The van der Waals surface area contributed by atoms with Gasteiger partial charge in [0.15, 0.2) is 4.80 Å². The Hall–Kier alpha value is -1.99. The number of benzene rings is 1. The Balaban J connectivity index is 1.75. The number of aromatic nitrogens is 1. The molecule has 1 aromatic carbocycles. The molecule has 4 rings (SSSR count). The average molecular weight is 540 g/mol. The van der Waals surface area contributed by atoms with E-state index in [0.717, 1.165) is 32.9 Å². The van der Waals surface area contributed by atoms with E-state index in [-0.39, 0.29) is 23.9 Å². The summed E-state index contributed by atoms with van der Waals surface area (Å²) in [4.78, 5) is 31.4. The zero-order valence-electron chi connectivity index (χ0n) is 18.8. The molecule has 1 amide bonds. The summed E-state index contributed by atoms with van der Waals surface area (Å²) >= 11 is 4.03. The highest BCUT2D eigenvalue weighted by molar-refractivity contribution is 7.98. The number of sulfonamides is 1. The molecule has 0 spiro atoms. The number of thioether (sulfide) groups is 1. The molecule has 12 heteroatoms. The van der Waals surface area contributed by atoms with Crippen molar-refractivity contribution in [2.24, 2.45) is 4.99 Å². The van der Waals surface area contributed by atoms with Gasteiger partial charge in [-0.15, -0.1) is 23.1 Å². The van der Waals surface area contributed by atoms with Crippen LogP contribution in [0.1, 0.15) is 26.2 Å². The molecular weight excluding hydrogens is 515 g/mol. The van der Waals surface area contributed by atoms with Crippen LogP contribution >= 0.6 is 34.4 Å². The fourth-order valence-electron chi connectivity index (χ4n) is 3.89. The van der Waals surface area contributed by atoms with Gasteiger partial charge >= 0.3 is 5.97 Å². The Morgan fingerprint density at radius 1 is 1.26 bits per heavy atom. The zero-order chi connectivity index (χ0) is 24.3. The maximum Gasteiger partial charge on any atom is 0.326 e. The van der Waals surface area contributed by atoms with E-state index in [9.17, 15) is 18.0 Å². The first-order chi connectivity index (χ1) is 16.3. The van der Waals surface area contributed by atoms with Crippen LogP contribution in [0.5, 0.6) is 0 Å². The Bertz CT molecular complexity index is 1360. The summed E-state index contributed by atoms with van der Waals surface area (Å²) < 4.78 is 35.5. The average Bonchev–Trinajstić information content (AvgIpc) is 3.48. The smallest absolute Gasteiger partial charge is 0.326 e. The number of thiophene rings is 1. The highest BCUT2D eigenvalue weighted by Gasteiger charge is 2.38. The zero-order valence-corrected chi connectivity index (χ0v) is 22.1. The largest absolute Gasteiger partial charge is 0.465 e. The number of esters is 1. The standard InChI is InChI=1S/C22H25N3O5S4/c1-3-30-19(26)14-24-16-10-9-15(31-2)13-18(16)33-22(24)23-21(27)17-7-4-5-11-25(17)34(28,29)20-8-6-12-32-20/h6,8-10,12-13,17H,3-5,7,11,14H2,1-2H3. The Morgan fingerprint density at radius 3 is 2.79 bits per heavy atom. The van der Waals surface area contributed by atoms with E-state index in [1.165, 1.54) is 15.6 Å². The molecule has 34 heavy (non-hydrogen) atoms. The molecule has 1 atom stereocenters. The summed E-state index contributed by atoms with van der Waals surface area (Å²) in [7, 11) is -3.78. The van der Waals surface area contributed by atoms with Crippen LogP contribution in [0.2, 0.25) is 0 Å². The number of piperidine rings is 1. The summed E-state index contributed by atoms with van der Waals surface area (Å²) in [6.45, 7) is 2.18. The van der Waals surface area contributed by atoms with Crippen LogP contribution in [0.4, 0.5) is 0 Å². The predicted molar refractivity (Wildman–Crippen MR) is 135 cm³/mol. The molecular formula is C22H25N3O5S4. The third-order valence-corrected chi connectivity index (χ3v) is 10.5. The van der Waals surface area contributed by atoms with Gasteiger partial charge in [-0.05, 0) is 55.7 Å². The minimum Gasteiger partial charge on any atom is -0.465 e. The normalized spacial score (nSPS) is 17.8. The number of thiazole rings is 1. The predicted octanol–water partition coefficient (Wildman–Crippen LogP) is 3.72. The molecule has 1 aliphatic rings. The number of hydrogen-bond donors (Lipinski definition) is 0. The van der Waals surface area contributed by atoms with Gasteiger partial charge in [-0.1, -0.05) is 23.8 Å². The Kier molecular flexibility index (Phi) is 7.93. The van der Waals surface area contributed by atoms with Crippen LogP contribution in [-0.4, -0.2) is 54.6 Å². The lowest BCUT2D eigenvalue weighted by atomic mass is 10.0. The van der Waals surface area contributed by atoms with Crippen molar-refractivity contribution in [2.75, 3.05) is 19.4 Å². The van der Waals surface area contributed by atoms with Crippen molar-refractivity contribution in [3.63, 3.8) is 0 Å². The van der Waals surface area contributed by atoms with Crippen LogP contribution in [0, 0.1) is 0 Å². The molecule has 3 aromatic rings. The number of carbonyl (C=O) groups is 2. The van der Waals surface area contributed by atoms with E-state index in [0.29, 0.717) is 17.6 Å². The molecule has 0 radical (unpaired) electrons. The van der Waals surface area contributed by atoms with Gasteiger partial charge in [-0.3, -0.25) is 9.59 Å². The third-order valence-electron chi connectivity index (χ3n) is 5.49. The fourth-order valence-corrected chi connectivity index (χ4v) is 8.25. The van der Waals surface area contributed by atoms with Crippen LogP contribution in [0.25, 0.3) is 10.2 Å². The number of fused-ring (bicyclic) bond motifs is 1. The topological polar surface area (TPSA) is 98.0 Å². The summed E-state index contributed by atoms with van der Waals surface area (Å²) in [6.07, 6.45) is 3.82. The van der Waals surface area contributed by atoms with Gasteiger partial charge in [0.05, 0.1) is 16.8 Å². The molecule has 1 saturated heterocycles. The van der Waals surface area contributed by atoms with E-state index >= 15 is 0 Å². The maximum atomic E-state index is 13.4. The number of rotatable bonds is 7. The molecule has 0 saturated carbocycles. The van der Waals surface area contributed by atoms with Gasteiger partial charge in [0.25, 0.3) is 15.9 Å².